The number of nitrogens with one attached hydrogen (secondary N) is 1. The van der Waals surface area contributed by atoms with Gasteiger partial charge in [0.15, 0.2) is 6.04 Å². The first kappa shape index (κ1) is 19.2. The molecular formula is C15H26N2O6. The van der Waals surface area contributed by atoms with E-state index in [1.54, 1.807) is 25.7 Å². The minimum atomic E-state index is -1.06. The van der Waals surface area contributed by atoms with Gasteiger partial charge in [0.05, 0.1) is 13.7 Å². The van der Waals surface area contributed by atoms with E-state index in [4.69, 9.17) is 9.84 Å². The van der Waals surface area contributed by atoms with Crippen LogP contribution >= 0.6 is 0 Å². The van der Waals surface area contributed by atoms with Gasteiger partial charge in [-0.2, -0.15) is 0 Å². The Morgan fingerprint density at radius 2 is 1.83 bits per heavy atom. The maximum atomic E-state index is 12.1. The van der Waals surface area contributed by atoms with Crippen molar-refractivity contribution < 1.29 is 29.0 Å². The van der Waals surface area contributed by atoms with E-state index < -0.39 is 24.2 Å². The van der Waals surface area contributed by atoms with E-state index >= 15 is 0 Å². The number of methoxy groups -OCH3 is 1. The van der Waals surface area contributed by atoms with Gasteiger partial charge in [0.2, 0.25) is 5.91 Å². The second kappa shape index (κ2) is 8.14. The lowest BCUT2D eigenvalue weighted by molar-refractivity contribution is -0.146. The highest BCUT2D eigenvalue weighted by atomic mass is 16.6. The molecule has 1 aliphatic heterocycles. The molecule has 132 valence electrons. The third-order valence-corrected chi connectivity index (χ3v) is 3.50. The lowest BCUT2D eigenvalue weighted by Crippen LogP contribution is -2.49. The van der Waals surface area contributed by atoms with E-state index in [9.17, 15) is 14.4 Å². The van der Waals surface area contributed by atoms with Gasteiger partial charge in [0, 0.05) is 19.0 Å². The van der Waals surface area contributed by atoms with Crippen molar-refractivity contribution in [2.45, 2.75) is 45.3 Å². The Bertz CT molecular complexity index is 438. The van der Waals surface area contributed by atoms with Gasteiger partial charge >= 0.3 is 12.1 Å². The minimum absolute atomic E-state index is 0.313. The summed E-state index contributed by atoms with van der Waals surface area (Å²) >= 11 is 0. The van der Waals surface area contributed by atoms with Crippen molar-refractivity contribution in [2.75, 3.05) is 26.8 Å². The van der Waals surface area contributed by atoms with Crippen LogP contribution in [0.3, 0.4) is 0 Å². The zero-order chi connectivity index (χ0) is 17.6. The highest BCUT2D eigenvalue weighted by Crippen LogP contribution is 2.20. The molecule has 0 spiro atoms. The summed E-state index contributed by atoms with van der Waals surface area (Å²) in [4.78, 5) is 37.0. The zero-order valence-electron chi connectivity index (χ0n) is 14.1. The number of aliphatic hydroxyl groups excluding tert-OH is 1. The highest BCUT2D eigenvalue weighted by molar-refractivity contribution is 5.86. The molecular weight excluding hydrogens is 304 g/mol. The molecule has 0 aromatic carbocycles. The summed E-state index contributed by atoms with van der Waals surface area (Å²) in [5.74, 6) is -1.32. The van der Waals surface area contributed by atoms with Gasteiger partial charge in [-0.05, 0) is 33.6 Å². The molecule has 23 heavy (non-hydrogen) atoms. The molecule has 2 amide bonds. The van der Waals surface area contributed by atoms with Crippen LogP contribution in [0.25, 0.3) is 0 Å². The Balaban J connectivity index is 2.48. The quantitative estimate of drug-likeness (QED) is 0.718. The second-order valence-corrected chi connectivity index (χ2v) is 6.51. The molecule has 0 aromatic rings. The molecule has 8 heteroatoms. The van der Waals surface area contributed by atoms with Gasteiger partial charge < -0.3 is 24.8 Å². The summed E-state index contributed by atoms with van der Waals surface area (Å²) in [6.45, 7) is 5.70. The fraction of sp³-hybridized carbons (Fsp3) is 0.800. The van der Waals surface area contributed by atoms with Crippen LogP contribution < -0.4 is 5.32 Å². The molecule has 1 fully saturated rings. The van der Waals surface area contributed by atoms with Crippen LogP contribution in [-0.4, -0.2) is 66.4 Å². The van der Waals surface area contributed by atoms with E-state index in [0.717, 1.165) is 0 Å². The normalized spacial score (nSPS) is 17.3. The van der Waals surface area contributed by atoms with Gasteiger partial charge in [-0.1, -0.05) is 0 Å². The molecule has 0 unspecified atom stereocenters. The first-order chi connectivity index (χ1) is 10.7. The van der Waals surface area contributed by atoms with Crippen LogP contribution in [0.1, 0.15) is 33.6 Å². The van der Waals surface area contributed by atoms with Gasteiger partial charge in [-0.3, -0.25) is 4.79 Å². The lowest BCUT2D eigenvalue weighted by atomic mass is 9.96. The second-order valence-electron chi connectivity index (χ2n) is 6.51. The zero-order valence-corrected chi connectivity index (χ0v) is 14.1. The number of amides is 2. The molecule has 0 saturated carbocycles. The van der Waals surface area contributed by atoms with E-state index in [1.807, 2.05) is 0 Å². The molecule has 2 N–H and O–H groups in total. The summed E-state index contributed by atoms with van der Waals surface area (Å²) < 4.78 is 9.80. The van der Waals surface area contributed by atoms with Crippen molar-refractivity contribution in [1.29, 1.82) is 0 Å². The third-order valence-electron chi connectivity index (χ3n) is 3.50. The van der Waals surface area contributed by atoms with Crippen LogP contribution in [0, 0.1) is 5.92 Å². The molecule has 0 aliphatic carbocycles. The fourth-order valence-corrected chi connectivity index (χ4v) is 2.26. The van der Waals surface area contributed by atoms with Gasteiger partial charge in [-0.15, -0.1) is 0 Å². The molecule has 1 aliphatic rings. The maximum Gasteiger partial charge on any atom is 0.410 e. The van der Waals surface area contributed by atoms with Crippen molar-refractivity contribution >= 4 is 18.0 Å². The van der Waals surface area contributed by atoms with Crippen LogP contribution in [-0.2, 0) is 19.1 Å². The topological polar surface area (TPSA) is 105 Å². The standard InChI is InChI=1S/C15H26N2O6/c1-15(2,3)23-14(21)17-7-5-10(6-8-17)12(19)16-11(9-18)13(20)22-4/h10-11,18H,5-9H2,1-4H3,(H,16,19)/t11-/m1/s1. The van der Waals surface area contributed by atoms with Gasteiger partial charge in [-0.25, -0.2) is 9.59 Å². The third kappa shape index (κ3) is 6.05. The minimum Gasteiger partial charge on any atom is -0.467 e. The van der Waals surface area contributed by atoms with E-state index in [2.05, 4.69) is 10.1 Å². The van der Waals surface area contributed by atoms with E-state index in [1.165, 1.54) is 7.11 Å². The smallest absolute Gasteiger partial charge is 0.410 e. The summed E-state index contributed by atoms with van der Waals surface area (Å²) in [6, 6.07) is -1.06. The van der Waals surface area contributed by atoms with Crippen molar-refractivity contribution in [2.24, 2.45) is 5.92 Å². The number of ether oxygens (including phenoxy) is 2. The van der Waals surface area contributed by atoms with Gasteiger partial charge in [0.1, 0.15) is 5.60 Å². The van der Waals surface area contributed by atoms with E-state index in [-0.39, 0.29) is 17.9 Å². The highest BCUT2D eigenvalue weighted by Gasteiger charge is 2.31. The van der Waals surface area contributed by atoms with E-state index in [0.29, 0.717) is 25.9 Å². The van der Waals surface area contributed by atoms with Crippen LogP contribution in [0.2, 0.25) is 0 Å². The summed E-state index contributed by atoms with van der Waals surface area (Å²) in [5.41, 5.74) is -0.555. The summed E-state index contributed by atoms with van der Waals surface area (Å²) in [7, 11) is 1.19. The maximum absolute atomic E-state index is 12.1. The number of aliphatic hydroxyl groups is 1. The predicted octanol–water partition coefficient (Wildman–Crippen LogP) is 0.284. The largest absolute Gasteiger partial charge is 0.467 e. The Hall–Kier alpha value is -1.83. The first-order valence-electron chi connectivity index (χ1n) is 7.65. The Morgan fingerprint density at radius 1 is 1.26 bits per heavy atom. The number of carbonyl (C=O) groups is 3. The molecule has 0 radical (unpaired) electrons. The number of esters is 1. The molecule has 8 nitrogen and oxygen atoms in total. The molecule has 1 atom stereocenters. The number of rotatable bonds is 4. The Morgan fingerprint density at radius 3 is 2.26 bits per heavy atom. The average Bonchev–Trinajstić information content (AvgIpc) is 2.50. The molecule has 1 saturated heterocycles. The fourth-order valence-electron chi connectivity index (χ4n) is 2.26. The number of likely N-dealkylation sites (tertiary alicyclic amines) is 1. The number of hydrogen-bond donors (Lipinski definition) is 2. The molecule has 1 heterocycles. The number of carbonyl (C=O) groups excluding carboxylic acids is 3. The summed E-state index contributed by atoms with van der Waals surface area (Å²) in [5, 5.41) is 11.6. The molecule has 1 rings (SSSR count). The van der Waals surface area contributed by atoms with Gasteiger partial charge in [0.25, 0.3) is 0 Å². The number of nitrogens with zero attached hydrogens (tertiary/aromatic N) is 1. The van der Waals surface area contributed by atoms with Crippen molar-refractivity contribution in [3.8, 4) is 0 Å². The van der Waals surface area contributed by atoms with Crippen LogP contribution in [0.4, 0.5) is 4.79 Å². The molecule has 0 aromatic heterocycles. The predicted molar refractivity (Wildman–Crippen MR) is 81.6 cm³/mol. The lowest BCUT2D eigenvalue weighted by Gasteiger charge is -2.33. The van der Waals surface area contributed by atoms with Crippen molar-refractivity contribution in [3.63, 3.8) is 0 Å². The first-order valence-corrected chi connectivity index (χ1v) is 7.65. The Labute approximate surface area is 136 Å². The number of hydrogen-bond acceptors (Lipinski definition) is 6. The number of piperidine rings is 1. The van der Waals surface area contributed by atoms with Crippen molar-refractivity contribution in [3.05, 3.63) is 0 Å². The molecule has 0 bridgehead atoms. The van der Waals surface area contributed by atoms with Crippen LogP contribution in [0.5, 0.6) is 0 Å². The Kier molecular flexibility index (Phi) is 6.80. The SMILES string of the molecule is COC(=O)[C@@H](CO)NC(=O)C1CCN(C(=O)OC(C)(C)C)CC1. The summed E-state index contributed by atoms with van der Waals surface area (Å²) in [6.07, 6.45) is 0.563. The van der Waals surface area contributed by atoms with Crippen LogP contribution in [0.15, 0.2) is 0 Å². The van der Waals surface area contributed by atoms with Crippen molar-refractivity contribution in [1.82, 2.24) is 10.2 Å². The monoisotopic (exact) mass is 330 g/mol. The average molecular weight is 330 g/mol.